The maximum absolute atomic E-state index is 5.94. The fraction of sp³-hybridized carbons (Fsp3) is 0.933. The van der Waals surface area contributed by atoms with Gasteiger partial charge in [0.05, 0.1) is 6.10 Å². The predicted octanol–water partition coefficient (Wildman–Crippen LogP) is 2.63. The van der Waals surface area contributed by atoms with Crippen molar-refractivity contribution in [1.29, 1.82) is 0 Å². The number of halogens is 1. The Kier molecular flexibility index (Phi) is 6.57. The van der Waals surface area contributed by atoms with Crippen molar-refractivity contribution in [3.8, 4) is 0 Å². The third-order valence-electron chi connectivity index (χ3n) is 4.52. The summed E-state index contributed by atoms with van der Waals surface area (Å²) in [4.78, 5) is 4.34. The molecular weight excluding hydrogens is 365 g/mol. The lowest BCUT2D eigenvalue weighted by atomic mass is 9.55. The molecule has 4 nitrogen and oxygen atoms in total. The van der Waals surface area contributed by atoms with E-state index in [0.717, 1.165) is 19.1 Å². The van der Waals surface area contributed by atoms with Crippen molar-refractivity contribution in [2.24, 2.45) is 22.2 Å². The van der Waals surface area contributed by atoms with Gasteiger partial charge in [-0.3, -0.25) is 4.99 Å². The van der Waals surface area contributed by atoms with Gasteiger partial charge in [0.25, 0.3) is 0 Å². The van der Waals surface area contributed by atoms with E-state index in [-0.39, 0.29) is 29.4 Å². The van der Waals surface area contributed by atoms with Crippen molar-refractivity contribution < 1.29 is 4.74 Å². The Morgan fingerprint density at radius 2 is 2.10 bits per heavy atom. The zero-order valence-electron chi connectivity index (χ0n) is 13.4. The zero-order valence-corrected chi connectivity index (χ0v) is 15.7. The zero-order chi connectivity index (χ0) is 14.0. The third-order valence-corrected chi connectivity index (χ3v) is 4.52. The maximum atomic E-state index is 5.94. The van der Waals surface area contributed by atoms with Gasteiger partial charge < -0.3 is 15.4 Å². The average Bonchev–Trinajstić information content (AvgIpc) is 2.38. The molecule has 2 aliphatic rings. The normalized spacial score (nSPS) is 31.9. The molecule has 5 heteroatoms. The number of hydrogen-bond donors (Lipinski definition) is 2. The summed E-state index contributed by atoms with van der Waals surface area (Å²) >= 11 is 0. The molecule has 0 bridgehead atoms. The van der Waals surface area contributed by atoms with E-state index in [1.165, 1.54) is 12.8 Å². The van der Waals surface area contributed by atoms with Crippen molar-refractivity contribution in [1.82, 2.24) is 10.6 Å². The van der Waals surface area contributed by atoms with Gasteiger partial charge >= 0.3 is 0 Å². The molecule has 0 aromatic rings. The fourth-order valence-electron chi connectivity index (χ4n) is 3.46. The van der Waals surface area contributed by atoms with Gasteiger partial charge in [0, 0.05) is 37.6 Å². The van der Waals surface area contributed by atoms with Crippen molar-refractivity contribution in [2.75, 3.05) is 20.2 Å². The standard InChI is InChI=1S/C15H29N3O.HI/c1-10(2)9-17-14(16-5)18-12-11-7-6-8-19-13(11)15(12,3)4;/h10-13H,6-9H2,1-5H3,(H2,16,17,18);1H. The van der Waals surface area contributed by atoms with Crippen molar-refractivity contribution in [3.63, 3.8) is 0 Å². The Labute approximate surface area is 140 Å². The summed E-state index contributed by atoms with van der Waals surface area (Å²) in [5.74, 6) is 2.19. The van der Waals surface area contributed by atoms with Gasteiger partial charge in [0.2, 0.25) is 0 Å². The Balaban J connectivity index is 0.00000200. The minimum absolute atomic E-state index is 0. The van der Waals surface area contributed by atoms with Crippen molar-refractivity contribution in [3.05, 3.63) is 0 Å². The van der Waals surface area contributed by atoms with Crippen LogP contribution < -0.4 is 10.6 Å². The first-order valence-corrected chi connectivity index (χ1v) is 7.55. The first-order chi connectivity index (χ1) is 8.96. The highest BCUT2D eigenvalue weighted by Gasteiger charge is 2.58. The molecule has 0 aromatic carbocycles. The smallest absolute Gasteiger partial charge is 0.191 e. The number of ether oxygens (including phenoxy) is 1. The average molecular weight is 395 g/mol. The molecule has 1 saturated carbocycles. The lowest BCUT2D eigenvalue weighted by Crippen LogP contribution is -2.71. The van der Waals surface area contributed by atoms with E-state index in [9.17, 15) is 0 Å². The summed E-state index contributed by atoms with van der Waals surface area (Å²) in [6, 6.07) is 0.469. The van der Waals surface area contributed by atoms with Crippen LogP contribution in [-0.4, -0.2) is 38.3 Å². The van der Waals surface area contributed by atoms with E-state index >= 15 is 0 Å². The van der Waals surface area contributed by atoms with E-state index in [0.29, 0.717) is 24.0 Å². The molecule has 2 rings (SSSR count). The second-order valence-electron chi connectivity index (χ2n) is 6.89. The first kappa shape index (κ1) is 18.0. The molecule has 0 spiro atoms. The van der Waals surface area contributed by atoms with Crippen LogP contribution in [0.4, 0.5) is 0 Å². The number of fused-ring (bicyclic) bond motifs is 1. The van der Waals surface area contributed by atoms with Gasteiger partial charge in [-0.15, -0.1) is 24.0 Å². The minimum Gasteiger partial charge on any atom is -0.377 e. The molecular formula is C15H30IN3O. The van der Waals surface area contributed by atoms with Crippen LogP contribution in [0.1, 0.15) is 40.5 Å². The van der Waals surface area contributed by atoms with Crippen molar-refractivity contribution >= 4 is 29.9 Å². The van der Waals surface area contributed by atoms with E-state index in [2.05, 4.69) is 43.3 Å². The summed E-state index contributed by atoms with van der Waals surface area (Å²) in [5.41, 5.74) is 0.195. The van der Waals surface area contributed by atoms with Gasteiger partial charge in [0.15, 0.2) is 5.96 Å². The fourth-order valence-corrected chi connectivity index (χ4v) is 3.46. The van der Waals surface area contributed by atoms with Gasteiger partial charge in [-0.05, 0) is 18.8 Å². The van der Waals surface area contributed by atoms with Crippen LogP contribution in [-0.2, 0) is 4.74 Å². The molecule has 0 amide bonds. The van der Waals surface area contributed by atoms with Crippen LogP contribution in [0.3, 0.4) is 0 Å². The molecule has 2 fully saturated rings. The lowest BCUT2D eigenvalue weighted by Gasteiger charge is -2.60. The summed E-state index contributed by atoms with van der Waals surface area (Å²) in [7, 11) is 1.84. The minimum atomic E-state index is 0. The molecule has 0 aromatic heterocycles. The number of hydrogen-bond acceptors (Lipinski definition) is 2. The lowest BCUT2D eigenvalue weighted by molar-refractivity contribution is -0.188. The van der Waals surface area contributed by atoms with Gasteiger partial charge in [-0.2, -0.15) is 0 Å². The molecule has 3 atom stereocenters. The van der Waals surface area contributed by atoms with E-state index in [4.69, 9.17) is 4.74 Å². The third kappa shape index (κ3) is 3.59. The Morgan fingerprint density at radius 3 is 2.70 bits per heavy atom. The van der Waals surface area contributed by atoms with Crippen LogP contribution in [0.2, 0.25) is 0 Å². The van der Waals surface area contributed by atoms with Crippen molar-refractivity contribution in [2.45, 2.75) is 52.7 Å². The highest BCUT2D eigenvalue weighted by molar-refractivity contribution is 14.0. The molecule has 3 unspecified atom stereocenters. The van der Waals surface area contributed by atoms with E-state index < -0.39 is 0 Å². The van der Waals surface area contributed by atoms with Gasteiger partial charge in [0.1, 0.15) is 0 Å². The van der Waals surface area contributed by atoms with Crippen LogP contribution in [0.5, 0.6) is 0 Å². The summed E-state index contributed by atoms with van der Waals surface area (Å²) < 4.78 is 5.94. The SMILES string of the molecule is CN=C(NCC(C)C)NC1C2CCCOC2C1(C)C.I. The number of rotatable bonds is 3. The number of nitrogens with one attached hydrogen (secondary N) is 2. The maximum Gasteiger partial charge on any atom is 0.191 e. The highest BCUT2D eigenvalue weighted by Crippen LogP contribution is 2.51. The van der Waals surface area contributed by atoms with Crippen LogP contribution in [0.25, 0.3) is 0 Å². The Morgan fingerprint density at radius 1 is 1.40 bits per heavy atom. The van der Waals surface area contributed by atoms with Gasteiger partial charge in [-0.25, -0.2) is 0 Å². The summed E-state index contributed by atoms with van der Waals surface area (Å²) in [6.45, 7) is 10.9. The topological polar surface area (TPSA) is 45.7 Å². The van der Waals surface area contributed by atoms with Gasteiger partial charge in [-0.1, -0.05) is 27.7 Å². The largest absolute Gasteiger partial charge is 0.377 e. The van der Waals surface area contributed by atoms with Crippen LogP contribution in [0, 0.1) is 17.3 Å². The predicted molar refractivity (Wildman–Crippen MR) is 94.8 cm³/mol. The van der Waals surface area contributed by atoms with Crippen LogP contribution in [0.15, 0.2) is 4.99 Å². The second kappa shape index (κ2) is 7.29. The second-order valence-corrected chi connectivity index (χ2v) is 6.89. The number of guanidine groups is 1. The number of nitrogens with zero attached hydrogens (tertiary/aromatic N) is 1. The Hall–Kier alpha value is -0.0400. The molecule has 20 heavy (non-hydrogen) atoms. The number of aliphatic imine (C=N–C) groups is 1. The first-order valence-electron chi connectivity index (χ1n) is 7.55. The Bertz CT molecular complexity index is 344. The van der Waals surface area contributed by atoms with E-state index in [1.54, 1.807) is 0 Å². The molecule has 1 aliphatic heterocycles. The summed E-state index contributed by atoms with van der Waals surface area (Å²) in [6.07, 6.45) is 2.88. The molecule has 2 N–H and O–H groups in total. The monoisotopic (exact) mass is 395 g/mol. The quantitative estimate of drug-likeness (QED) is 0.439. The molecule has 1 aliphatic carbocycles. The van der Waals surface area contributed by atoms with Crippen LogP contribution >= 0.6 is 24.0 Å². The summed E-state index contributed by atoms with van der Waals surface area (Å²) in [5, 5.41) is 7.01. The van der Waals surface area contributed by atoms with E-state index in [1.807, 2.05) is 7.05 Å². The molecule has 1 heterocycles. The molecule has 1 saturated heterocycles. The highest BCUT2D eigenvalue weighted by atomic mass is 127. The molecule has 0 radical (unpaired) electrons. The molecule has 118 valence electrons.